The highest BCUT2D eigenvalue weighted by Crippen LogP contribution is 2.38. The lowest BCUT2D eigenvalue weighted by atomic mass is 10.1. The Bertz CT molecular complexity index is 444. The number of nitrogens with two attached hydrogens (primary N) is 1. The van der Waals surface area contributed by atoms with E-state index in [1.165, 1.54) is 11.1 Å². The van der Waals surface area contributed by atoms with Gasteiger partial charge in [0.05, 0.1) is 6.04 Å². The molecule has 1 aromatic carbocycles. The summed E-state index contributed by atoms with van der Waals surface area (Å²) in [5.74, 6) is 0.636. The van der Waals surface area contributed by atoms with Gasteiger partial charge in [0.1, 0.15) is 0 Å². The third kappa shape index (κ3) is 1.75. The van der Waals surface area contributed by atoms with Gasteiger partial charge in [-0.3, -0.25) is 4.79 Å². The van der Waals surface area contributed by atoms with Crippen LogP contribution < -0.4 is 5.73 Å². The van der Waals surface area contributed by atoms with E-state index >= 15 is 0 Å². The molecule has 1 aliphatic carbocycles. The number of likely N-dealkylation sites (tertiary alicyclic amines) is 1. The summed E-state index contributed by atoms with van der Waals surface area (Å²) in [4.78, 5) is 14.1. The molecule has 0 spiro atoms. The molecule has 0 saturated carbocycles. The molecule has 1 aromatic rings. The van der Waals surface area contributed by atoms with Crippen LogP contribution in [0, 0.1) is 5.92 Å². The van der Waals surface area contributed by atoms with Crippen molar-refractivity contribution in [3.8, 4) is 0 Å². The van der Waals surface area contributed by atoms with Gasteiger partial charge in [-0.25, -0.2) is 0 Å². The maximum Gasteiger partial charge on any atom is 0.223 e. The number of benzene rings is 1. The van der Waals surface area contributed by atoms with Gasteiger partial charge in [-0.2, -0.15) is 0 Å². The Kier molecular flexibility index (Phi) is 2.63. The van der Waals surface area contributed by atoms with Crippen LogP contribution in [-0.4, -0.2) is 23.9 Å². The number of aryl methyl sites for hydroxylation is 1. The predicted octanol–water partition coefficient (Wildman–Crippen LogP) is 1.48. The van der Waals surface area contributed by atoms with Gasteiger partial charge in [0.25, 0.3) is 0 Å². The van der Waals surface area contributed by atoms with Gasteiger partial charge in [0, 0.05) is 13.0 Å². The summed E-state index contributed by atoms with van der Waals surface area (Å²) in [6.45, 7) is 1.46. The van der Waals surface area contributed by atoms with E-state index in [9.17, 15) is 4.79 Å². The molecule has 1 heterocycles. The van der Waals surface area contributed by atoms with Gasteiger partial charge in [0.2, 0.25) is 5.91 Å². The van der Waals surface area contributed by atoms with Crippen molar-refractivity contribution in [2.24, 2.45) is 11.7 Å². The van der Waals surface area contributed by atoms with Crippen LogP contribution in [0.2, 0.25) is 0 Å². The summed E-state index contributed by atoms with van der Waals surface area (Å²) in [7, 11) is 0. The molecular formula is C14H18N2O. The van der Waals surface area contributed by atoms with Crippen molar-refractivity contribution in [2.75, 3.05) is 13.1 Å². The molecule has 3 heteroatoms. The normalized spacial score (nSPS) is 27.6. The van der Waals surface area contributed by atoms with E-state index in [-0.39, 0.29) is 5.91 Å². The average molecular weight is 230 g/mol. The van der Waals surface area contributed by atoms with E-state index in [0.29, 0.717) is 24.9 Å². The second-order valence-electron chi connectivity index (χ2n) is 5.11. The van der Waals surface area contributed by atoms with Crippen molar-refractivity contribution in [3.05, 3.63) is 35.4 Å². The molecule has 1 aliphatic heterocycles. The van der Waals surface area contributed by atoms with Gasteiger partial charge >= 0.3 is 0 Å². The van der Waals surface area contributed by atoms with Crippen molar-refractivity contribution >= 4 is 5.91 Å². The third-order valence-corrected chi connectivity index (χ3v) is 4.05. The summed E-state index contributed by atoms with van der Waals surface area (Å²) in [5.41, 5.74) is 8.42. The van der Waals surface area contributed by atoms with Crippen LogP contribution in [0.1, 0.15) is 30.0 Å². The molecule has 2 N–H and O–H groups in total. The highest BCUT2D eigenvalue weighted by molar-refractivity contribution is 5.79. The smallest absolute Gasteiger partial charge is 0.223 e. The quantitative estimate of drug-likeness (QED) is 0.836. The Morgan fingerprint density at radius 1 is 1.35 bits per heavy atom. The number of carbonyl (C=O) groups excluding carboxylic acids is 1. The summed E-state index contributed by atoms with van der Waals surface area (Å²) < 4.78 is 0. The Morgan fingerprint density at radius 3 is 2.94 bits per heavy atom. The molecule has 3 nitrogen and oxygen atoms in total. The first-order valence-corrected chi connectivity index (χ1v) is 6.37. The van der Waals surface area contributed by atoms with Crippen molar-refractivity contribution in [2.45, 2.75) is 25.3 Å². The molecule has 1 saturated heterocycles. The van der Waals surface area contributed by atoms with Crippen LogP contribution in [0.15, 0.2) is 24.3 Å². The summed E-state index contributed by atoms with van der Waals surface area (Å²) >= 11 is 0. The molecule has 1 amide bonds. The second kappa shape index (κ2) is 4.15. The summed E-state index contributed by atoms with van der Waals surface area (Å²) in [5, 5.41) is 0. The molecule has 0 bridgehead atoms. The van der Waals surface area contributed by atoms with Crippen LogP contribution in [0.25, 0.3) is 0 Å². The van der Waals surface area contributed by atoms with E-state index in [4.69, 9.17) is 5.73 Å². The van der Waals surface area contributed by atoms with Crippen LogP contribution in [0.3, 0.4) is 0 Å². The Morgan fingerprint density at radius 2 is 2.18 bits per heavy atom. The van der Waals surface area contributed by atoms with Crippen LogP contribution >= 0.6 is 0 Å². The SMILES string of the molecule is NCC1CC(=O)N(C2CCc3ccccc32)C1. The average Bonchev–Trinajstić information content (AvgIpc) is 2.92. The highest BCUT2D eigenvalue weighted by Gasteiger charge is 2.36. The van der Waals surface area contributed by atoms with Gasteiger partial charge in [-0.05, 0) is 36.4 Å². The lowest BCUT2D eigenvalue weighted by Gasteiger charge is -2.25. The number of hydrogen-bond acceptors (Lipinski definition) is 2. The lowest BCUT2D eigenvalue weighted by molar-refractivity contribution is -0.129. The van der Waals surface area contributed by atoms with Gasteiger partial charge in [-0.1, -0.05) is 24.3 Å². The minimum Gasteiger partial charge on any atom is -0.335 e. The molecule has 3 rings (SSSR count). The Labute approximate surface area is 102 Å². The van der Waals surface area contributed by atoms with E-state index < -0.39 is 0 Å². The fourth-order valence-corrected chi connectivity index (χ4v) is 3.13. The molecule has 1 fully saturated rings. The highest BCUT2D eigenvalue weighted by atomic mass is 16.2. The van der Waals surface area contributed by atoms with E-state index in [2.05, 4.69) is 24.3 Å². The zero-order valence-corrected chi connectivity index (χ0v) is 9.93. The van der Waals surface area contributed by atoms with Crippen molar-refractivity contribution in [1.29, 1.82) is 0 Å². The maximum absolute atomic E-state index is 12.0. The van der Waals surface area contributed by atoms with Crippen molar-refractivity contribution < 1.29 is 4.79 Å². The number of rotatable bonds is 2. The fourth-order valence-electron chi connectivity index (χ4n) is 3.13. The first-order valence-electron chi connectivity index (χ1n) is 6.37. The third-order valence-electron chi connectivity index (χ3n) is 4.05. The number of amides is 1. The fraction of sp³-hybridized carbons (Fsp3) is 0.500. The molecule has 0 aromatic heterocycles. The zero-order valence-electron chi connectivity index (χ0n) is 9.93. The molecule has 90 valence electrons. The predicted molar refractivity (Wildman–Crippen MR) is 66.4 cm³/mol. The minimum atomic E-state index is 0.280. The minimum absolute atomic E-state index is 0.280. The summed E-state index contributed by atoms with van der Waals surface area (Å²) in [6.07, 6.45) is 2.80. The largest absolute Gasteiger partial charge is 0.335 e. The number of hydrogen-bond donors (Lipinski definition) is 1. The lowest BCUT2D eigenvalue weighted by Crippen LogP contribution is -2.29. The van der Waals surface area contributed by atoms with Crippen LogP contribution in [-0.2, 0) is 11.2 Å². The topological polar surface area (TPSA) is 46.3 Å². The van der Waals surface area contributed by atoms with Gasteiger partial charge in [0.15, 0.2) is 0 Å². The molecular weight excluding hydrogens is 212 g/mol. The van der Waals surface area contributed by atoms with Crippen LogP contribution in [0.5, 0.6) is 0 Å². The monoisotopic (exact) mass is 230 g/mol. The zero-order chi connectivity index (χ0) is 11.8. The van der Waals surface area contributed by atoms with Crippen LogP contribution in [0.4, 0.5) is 0 Å². The Balaban J connectivity index is 1.85. The molecule has 2 aliphatic rings. The molecule has 2 unspecified atom stereocenters. The van der Waals surface area contributed by atoms with Crippen molar-refractivity contribution in [3.63, 3.8) is 0 Å². The summed E-state index contributed by atoms with van der Waals surface area (Å²) in [6, 6.07) is 8.79. The Hall–Kier alpha value is -1.35. The molecule has 17 heavy (non-hydrogen) atoms. The second-order valence-corrected chi connectivity index (χ2v) is 5.11. The van der Waals surface area contributed by atoms with Crippen molar-refractivity contribution in [1.82, 2.24) is 4.90 Å². The molecule has 0 radical (unpaired) electrons. The van der Waals surface area contributed by atoms with E-state index in [0.717, 1.165) is 19.4 Å². The first kappa shape index (κ1) is 10.8. The van der Waals surface area contributed by atoms with E-state index in [1.54, 1.807) is 0 Å². The van der Waals surface area contributed by atoms with E-state index in [1.807, 2.05) is 4.90 Å². The number of carbonyl (C=O) groups is 1. The number of fused-ring (bicyclic) bond motifs is 1. The van der Waals surface area contributed by atoms with Gasteiger partial charge in [-0.15, -0.1) is 0 Å². The van der Waals surface area contributed by atoms with Gasteiger partial charge < -0.3 is 10.6 Å². The molecule has 2 atom stereocenters. The standard InChI is InChI=1S/C14H18N2O/c15-8-10-7-14(17)16(9-10)13-6-5-11-3-1-2-4-12(11)13/h1-4,10,13H,5-9,15H2. The maximum atomic E-state index is 12.0. The number of nitrogens with zero attached hydrogens (tertiary/aromatic N) is 1. The first-order chi connectivity index (χ1) is 8.29.